The summed E-state index contributed by atoms with van der Waals surface area (Å²) in [6.45, 7) is 0.649. The molecule has 4 rings (SSSR count). The van der Waals surface area contributed by atoms with Gasteiger partial charge in [-0.3, -0.25) is 4.79 Å². The van der Waals surface area contributed by atoms with Crippen LogP contribution in [0.2, 0.25) is 0 Å². The average molecular weight is 318 g/mol. The molecule has 0 aliphatic carbocycles. The molecule has 1 N–H and O–H groups in total. The number of nitrogens with one attached hydrogen (secondary N) is 1. The number of carbonyl (C=O) groups excluding carboxylic acids is 1. The number of carbonyl (C=O) groups is 1. The minimum Gasteiger partial charge on any atom is -0.368 e. The van der Waals surface area contributed by atoms with Crippen molar-refractivity contribution in [1.82, 2.24) is 5.43 Å². The summed E-state index contributed by atoms with van der Waals surface area (Å²) < 4.78 is 5.37. The van der Waals surface area contributed by atoms with Crippen molar-refractivity contribution in [2.45, 2.75) is 18.9 Å². The van der Waals surface area contributed by atoms with Crippen LogP contribution in [0.5, 0.6) is 0 Å². The maximum Gasteiger partial charge on any atom is 0.269 e. The Bertz CT molecular complexity index is 873. The third-order valence-electron chi connectivity index (χ3n) is 4.40. The number of rotatable bonds is 3. The Morgan fingerprint density at radius 2 is 1.75 bits per heavy atom. The molecule has 120 valence electrons. The molecule has 0 radical (unpaired) electrons. The predicted octanol–water partition coefficient (Wildman–Crippen LogP) is 3.62. The second-order valence-corrected chi connectivity index (χ2v) is 5.97. The number of amides is 1. The molecule has 0 spiro atoms. The zero-order valence-corrected chi connectivity index (χ0v) is 13.2. The maximum atomic E-state index is 12.0. The van der Waals surface area contributed by atoms with Crippen LogP contribution in [0.25, 0.3) is 21.5 Å². The van der Waals surface area contributed by atoms with E-state index in [1.54, 1.807) is 6.21 Å². The summed E-state index contributed by atoms with van der Waals surface area (Å²) in [5, 5.41) is 8.73. The zero-order valence-electron chi connectivity index (χ0n) is 13.2. The Hall–Kier alpha value is -2.72. The van der Waals surface area contributed by atoms with Crippen LogP contribution in [0.3, 0.4) is 0 Å². The summed E-state index contributed by atoms with van der Waals surface area (Å²) in [7, 11) is 0. The largest absolute Gasteiger partial charge is 0.368 e. The Kier molecular flexibility index (Phi) is 3.97. The number of fused-ring (bicyclic) bond motifs is 2. The Balaban J connectivity index is 1.70. The molecule has 3 aromatic rings. The predicted molar refractivity (Wildman–Crippen MR) is 96.2 cm³/mol. The van der Waals surface area contributed by atoms with E-state index in [0.29, 0.717) is 6.61 Å². The van der Waals surface area contributed by atoms with Crippen LogP contribution in [0, 0.1) is 0 Å². The molecule has 1 fully saturated rings. The van der Waals surface area contributed by atoms with E-state index in [1.165, 1.54) is 0 Å². The molecule has 1 heterocycles. The highest BCUT2D eigenvalue weighted by Gasteiger charge is 2.22. The molecule has 1 saturated heterocycles. The van der Waals surface area contributed by atoms with Crippen molar-refractivity contribution in [3.63, 3.8) is 0 Å². The number of hydrogen-bond donors (Lipinski definition) is 1. The number of hydrogen-bond acceptors (Lipinski definition) is 3. The zero-order chi connectivity index (χ0) is 16.4. The summed E-state index contributed by atoms with van der Waals surface area (Å²) in [6, 6.07) is 18.6. The first-order valence-corrected chi connectivity index (χ1v) is 8.18. The second kappa shape index (κ2) is 6.42. The quantitative estimate of drug-likeness (QED) is 0.455. The summed E-state index contributed by atoms with van der Waals surface area (Å²) in [4.78, 5) is 12.0. The molecule has 1 amide bonds. The van der Waals surface area contributed by atoms with Crippen LogP contribution in [0.1, 0.15) is 18.4 Å². The average Bonchev–Trinajstić information content (AvgIpc) is 3.16. The van der Waals surface area contributed by atoms with E-state index in [4.69, 9.17) is 4.74 Å². The third kappa shape index (κ3) is 2.76. The minimum atomic E-state index is -0.369. The fourth-order valence-corrected chi connectivity index (χ4v) is 3.20. The van der Waals surface area contributed by atoms with E-state index in [2.05, 4.69) is 40.9 Å². The fraction of sp³-hybridized carbons (Fsp3) is 0.200. The van der Waals surface area contributed by atoms with Crippen molar-refractivity contribution in [2.75, 3.05) is 6.61 Å². The van der Waals surface area contributed by atoms with Gasteiger partial charge in [0.2, 0.25) is 0 Å². The Morgan fingerprint density at radius 3 is 2.38 bits per heavy atom. The molecule has 0 bridgehead atoms. The molecule has 4 heteroatoms. The van der Waals surface area contributed by atoms with Crippen molar-refractivity contribution in [3.05, 3.63) is 60.2 Å². The van der Waals surface area contributed by atoms with Crippen molar-refractivity contribution in [2.24, 2.45) is 5.10 Å². The monoisotopic (exact) mass is 318 g/mol. The van der Waals surface area contributed by atoms with Gasteiger partial charge in [0.25, 0.3) is 5.91 Å². The molecule has 1 unspecified atom stereocenters. The highest BCUT2D eigenvalue weighted by Crippen LogP contribution is 2.27. The van der Waals surface area contributed by atoms with E-state index >= 15 is 0 Å². The van der Waals surface area contributed by atoms with Crippen LogP contribution in [0.15, 0.2) is 59.7 Å². The Labute approximate surface area is 140 Å². The maximum absolute atomic E-state index is 12.0. The molecule has 0 saturated carbocycles. The molecule has 1 aliphatic heterocycles. The molecule has 1 atom stereocenters. The van der Waals surface area contributed by atoms with Gasteiger partial charge < -0.3 is 4.74 Å². The molecular weight excluding hydrogens is 300 g/mol. The smallest absolute Gasteiger partial charge is 0.269 e. The first-order chi connectivity index (χ1) is 11.8. The van der Waals surface area contributed by atoms with E-state index in [9.17, 15) is 4.79 Å². The molecule has 1 aliphatic rings. The number of hydrazone groups is 1. The Morgan fingerprint density at radius 1 is 1.08 bits per heavy atom. The SMILES string of the molecule is O=C(N/N=C/c1c2ccccc2cc2ccccc12)C1CCCO1. The lowest BCUT2D eigenvalue weighted by molar-refractivity contribution is -0.130. The van der Waals surface area contributed by atoms with Crippen LogP contribution in [0.4, 0.5) is 0 Å². The van der Waals surface area contributed by atoms with Crippen molar-refractivity contribution in [1.29, 1.82) is 0 Å². The first kappa shape index (κ1) is 14.8. The lowest BCUT2D eigenvalue weighted by Gasteiger charge is -2.09. The van der Waals surface area contributed by atoms with Crippen LogP contribution in [-0.4, -0.2) is 24.8 Å². The van der Waals surface area contributed by atoms with Crippen LogP contribution < -0.4 is 5.43 Å². The topological polar surface area (TPSA) is 50.7 Å². The van der Waals surface area contributed by atoms with Gasteiger partial charge in [-0.15, -0.1) is 0 Å². The van der Waals surface area contributed by atoms with E-state index in [-0.39, 0.29) is 12.0 Å². The molecule has 24 heavy (non-hydrogen) atoms. The molecule has 4 nitrogen and oxygen atoms in total. The van der Waals surface area contributed by atoms with Gasteiger partial charge >= 0.3 is 0 Å². The van der Waals surface area contributed by atoms with Gasteiger partial charge in [-0.2, -0.15) is 5.10 Å². The van der Waals surface area contributed by atoms with Gasteiger partial charge in [0.1, 0.15) is 6.10 Å². The van der Waals surface area contributed by atoms with E-state index in [1.807, 2.05) is 24.3 Å². The number of ether oxygens (including phenoxy) is 1. The van der Waals surface area contributed by atoms with Crippen molar-refractivity contribution in [3.8, 4) is 0 Å². The third-order valence-corrected chi connectivity index (χ3v) is 4.40. The summed E-state index contributed by atoms with van der Waals surface area (Å²) in [5.74, 6) is -0.173. The normalized spacial score (nSPS) is 17.8. The van der Waals surface area contributed by atoms with Crippen molar-refractivity contribution >= 4 is 33.7 Å². The first-order valence-electron chi connectivity index (χ1n) is 8.18. The van der Waals surface area contributed by atoms with Crippen LogP contribution >= 0.6 is 0 Å². The van der Waals surface area contributed by atoms with Crippen molar-refractivity contribution < 1.29 is 9.53 Å². The standard InChI is InChI=1S/C20H18N2O2/c23-20(19-10-5-11-24-19)22-21-13-18-16-8-3-1-6-14(16)12-15-7-2-4-9-17(15)18/h1-4,6-9,12-13,19H,5,10-11H2,(H,22,23)/b21-13+. The van der Waals surface area contributed by atoms with E-state index < -0.39 is 0 Å². The van der Waals surface area contributed by atoms with Gasteiger partial charge in [0.15, 0.2) is 0 Å². The van der Waals surface area contributed by atoms with E-state index in [0.717, 1.165) is 39.9 Å². The summed E-state index contributed by atoms with van der Waals surface area (Å²) in [6.07, 6.45) is 3.05. The number of nitrogens with zero attached hydrogens (tertiary/aromatic N) is 1. The highest BCUT2D eigenvalue weighted by molar-refractivity contribution is 6.13. The van der Waals surface area contributed by atoms with Gasteiger partial charge in [-0.05, 0) is 40.5 Å². The second-order valence-electron chi connectivity index (χ2n) is 5.97. The highest BCUT2D eigenvalue weighted by atomic mass is 16.5. The van der Waals surface area contributed by atoms with Gasteiger partial charge in [0, 0.05) is 12.2 Å². The number of benzene rings is 3. The van der Waals surface area contributed by atoms with Crippen LogP contribution in [-0.2, 0) is 9.53 Å². The van der Waals surface area contributed by atoms with Gasteiger partial charge in [-0.25, -0.2) is 5.43 Å². The summed E-state index contributed by atoms with van der Waals surface area (Å²) >= 11 is 0. The molecule has 3 aromatic carbocycles. The lowest BCUT2D eigenvalue weighted by atomic mass is 9.97. The fourth-order valence-electron chi connectivity index (χ4n) is 3.20. The van der Waals surface area contributed by atoms with Gasteiger partial charge in [0.05, 0.1) is 6.21 Å². The van der Waals surface area contributed by atoms with Gasteiger partial charge in [-0.1, -0.05) is 48.5 Å². The molecular formula is C20H18N2O2. The lowest BCUT2D eigenvalue weighted by Crippen LogP contribution is -2.30. The molecule has 0 aromatic heterocycles. The summed E-state index contributed by atoms with van der Waals surface area (Å²) in [5.41, 5.74) is 3.62. The minimum absolute atomic E-state index is 0.173.